The lowest BCUT2D eigenvalue weighted by atomic mass is 10.1. The third-order valence-corrected chi connectivity index (χ3v) is 5.23. The summed E-state index contributed by atoms with van der Waals surface area (Å²) in [6.07, 6.45) is 5.21. The minimum atomic E-state index is 0.327. The third-order valence-electron chi connectivity index (χ3n) is 5.23. The summed E-state index contributed by atoms with van der Waals surface area (Å²) in [4.78, 5) is 13.8. The predicted octanol–water partition coefficient (Wildman–Crippen LogP) is 2.26. The third kappa shape index (κ3) is 4.24. The zero-order valence-electron chi connectivity index (χ0n) is 14.8. The first-order valence-electron chi connectivity index (χ1n) is 9.16. The highest BCUT2D eigenvalue weighted by Crippen LogP contribution is 2.25. The summed E-state index contributed by atoms with van der Waals surface area (Å²) in [6, 6.07) is 11.0. The number of fused-ring (bicyclic) bond motifs is 1. The lowest BCUT2D eigenvalue weighted by Crippen LogP contribution is -2.49. The fraction of sp³-hybridized carbons (Fsp3) is 0.500. The van der Waals surface area contributed by atoms with Crippen LogP contribution in [0, 0.1) is 6.92 Å². The van der Waals surface area contributed by atoms with Crippen LogP contribution in [0.2, 0.25) is 0 Å². The van der Waals surface area contributed by atoms with Crippen molar-refractivity contribution < 1.29 is 4.74 Å². The summed E-state index contributed by atoms with van der Waals surface area (Å²) in [5.41, 5.74) is 3.43. The molecular formula is C20H26N4O. The van der Waals surface area contributed by atoms with Gasteiger partial charge in [-0.15, -0.1) is 0 Å². The fourth-order valence-electron chi connectivity index (χ4n) is 3.95. The lowest BCUT2D eigenvalue weighted by molar-refractivity contribution is 0.0439. The molecule has 0 radical (unpaired) electrons. The number of rotatable bonds is 5. The standard InChI is InChI=1S/C20H26N4O/c1-16-3-2-4-18(22-16)15-25-20-11-19-13-23(9-10-24(19)14-20)12-17-5-7-21-8-6-17/h2-8,19-20H,9-15H2,1H3/t19-,20-/m0/s1. The van der Waals surface area contributed by atoms with Crippen LogP contribution >= 0.6 is 0 Å². The van der Waals surface area contributed by atoms with Crippen LogP contribution < -0.4 is 0 Å². The molecule has 2 aliphatic rings. The molecule has 0 aromatic carbocycles. The van der Waals surface area contributed by atoms with Crippen LogP contribution in [0.3, 0.4) is 0 Å². The molecule has 132 valence electrons. The van der Waals surface area contributed by atoms with E-state index in [1.807, 2.05) is 31.5 Å². The summed E-state index contributed by atoms with van der Waals surface area (Å²) in [7, 11) is 0. The lowest BCUT2D eigenvalue weighted by Gasteiger charge is -2.37. The van der Waals surface area contributed by atoms with E-state index in [0.29, 0.717) is 18.8 Å². The highest BCUT2D eigenvalue weighted by Gasteiger charge is 2.36. The Hall–Kier alpha value is -1.82. The molecule has 2 atom stereocenters. The molecular weight excluding hydrogens is 312 g/mol. The molecule has 2 aromatic rings. The van der Waals surface area contributed by atoms with E-state index in [-0.39, 0.29) is 0 Å². The smallest absolute Gasteiger partial charge is 0.0892 e. The summed E-state index contributed by atoms with van der Waals surface area (Å²) < 4.78 is 6.16. The number of aromatic nitrogens is 2. The van der Waals surface area contributed by atoms with Gasteiger partial charge in [-0.25, -0.2) is 0 Å². The highest BCUT2D eigenvalue weighted by molar-refractivity contribution is 5.10. The highest BCUT2D eigenvalue weighted by atomic mass is 16.5. The van der Waals surface area contributed by atoms with Crippen LogP contribution in [0.5, 0.6) is 0 Å². The van der Waals surface area contributed by atoms with E-state index < -0.39 is 0 Å². The molecule has 2 aliphatic heterocycles. The first kappa shape index (κ1) is 16.6. The summed E-state index contributed by atoms with van der Waals surface area (Å²) in [5, 5.41) is 0. The van der Waals surface area contributed by atoms with Gasteiger partial charge in [0, 0.05) is 56.9 Å². The number of hydrogen-bond acceptors (Lipinski definition) is 5. The normalized spacial score (nSPS) is 24.4. The second kappa shape index (κ2) is 7.60. The molecule has 0 N–H and O–H groups in total. The molecule has 2 aromatic heterocycles. The van der Waals surface area contributed by atoms with Crippen LogP contribution in [0.1, 0.15) is 23.4 Å². The Bertz CT molecular complexity index is 693. The largest absolute Gasteiger partial charge is 0.371 e. The topological polar surface area (TPSA) is 41.5 Å². The monoisotopic (exact) mass is 338 g/mol. The van der Waals surface area contributed by atoms with Crippen LogP contribution in [0.25, 0.3) is 0 Å². The Morgan fingerprint density at radius 1 is 1.12 bits per heavy atom. The minimum absolute atomic E-state index is 0.327. The molecule has 0 aliphatic carbocycles. The number of ether oxygens (including phenoxy) is 1. The Balaban J connectivity index is 1.28. The molecule has 2 saturated heterocycles. The molecule has 0 bridgehead atoms. The predicted molar refractivity (Wildman–Crippen MR) is 97.0 cm³/mol. The average molecular weight is 338 g/mol. The maximum Gasteiger partial charge on any atom is 0.0892 e. The van der Waals surface area contributed by atoms with E-state index in [0.717, 1.165) is 50.5 Å². The number of piperazine rings is 1. The molecule has 25 heavy (non-hydrogen) atoms. The fourth-order valence-corrected chi connectivity index (χ4v) is 3.95. The average Bonchev–Trinajstić information content (AvgIpc) is 3.03. The van der Waals surface area contributed by atoms with Gasteiger partial charge in [0.25, 0.3) is 0 Å². The quantitative estimate of drug-likeness (QED) is 0.836. The van der Waals surface area contributed by atoms with E-state index in [2.05, 4.69) is 38.0 Å². The first-order valence-corrected chi connectivity index (χ1v) is 9.16. The van der Waals surface area contributed by atoms with Gasteiger partial charge in [-0.2, -0.15) is 0 Å². The molecule has 4 rings (SSSR count). The molecule has 0 saturated carbocycles. The molecule has 0 spiro atoms. The van der Waals surface area contributed by atoms with E-state index in [1.54, 1.807) is 0 Å². The van der Waals surface area contributed by atoms with Gasteiger partial charge in [0.05, 0.1) is 18.4 Å². The molecule has 2 fully saturated rings. The van der Waals surface area contributed by atoms with Crippen LogP contribution in [0.15, 0.2) is 42.7 Å². The van der Waals surface area contributed by atoms with Crippen molar-refractivity contribution >= 4 is 0 Å². The minimum Gasteiger partial charge on any atom is -0.371 e. The van der Waals surface area contributed by atoms with E-state index in [4.69, 9.17) is 4.74 Å². The van der Waals surface area contributed by atoms with Crippen LogP contribution in [-0.4, -0.2) is 58.1 Å². The molecule has 4 heterocycles. The van der Waals surface area contributed by atoms with E-state index in [1.165, 1.54) is 5.56 Å². The van der Waals surface area contributed by atoms with Crippen LogP contribution in [0.4, 0.5) is 0 Å². The van der Waals surface area contributed by atoms with Gasteiger partial charge in [-0.1, -0.05) is 6.07 Å². The van der Waals surface area contributed by atoms with Crippen molar-refractivity contribution in [2.24, 2.45) is 0 Å². The number of aryl methyl sites for hydroxylation is 1. The number of pyridine rings is 2. The molecule has 5 heteroatoms. The Morgan fingerprint density at radius 3 is 2.84 bits per heavy atom. The van der Waals surface area contributed by atoms with Gasteiger partial charge in [0.1, 0.15) is 0 Å². The zero-order chi connectivity index (χ0) is 17.1. The van der Waals surface area contributed by atoms with Gasteiger partial charge in [-0.05, 0) is 43.2 Å². The van der Waals surface area contributed by atoms with Crippen molar-refractivity contribution in [1.29, 1.82) is 0 Å². The Kier molecular flexibility index (Phi) is 5.06. The van der Waals surface area contributed by atoms with Crippen molar-refractivity contribution in [1.82, 2.24) is 19.8 Å². The summed E-state index contributed by atoms with van der Waals surface area (Å²) >= 11 is 0. The number of hydrogen-bond donors (Lipinski definition) is 0. The van der Waals surface area contributed by atoms with Crippen molar-refractivity contribution in [2.45, 2.75) is 38.6 Å². The SMILES string of the molecule is Cc1cccc(CO[C@H]2C[C@H]3CN(Cc4ccncc4)CCN3C2)n1. The molecule has 5 nitrogen and oxygen atoms in total. The first-order chi connectivity index (χ1) is 12.3. The second-order valence-electron chi connectivity index (χ2n) is 7.18. The van der Waals surface area contributed by atoms with Gasteiger partial charge in [0.2, 0.25) is 0 Å². The van der Waals surface area contributed by atoms with Crippen LogP contribution in [-0.2, 0) is 17.9 Å². The van der Waals surface area contributed by atoms with E-state index >= 15 is 0 Å². The number of nitrogens with zero attached hydrogens (tertiary/aromatic N) is 4. The Morgan fingerprint density at radius 2 is 2.00 bits per heavy atom. The van der Waals surface area contributed by atoms with Gasteiger partial charge in [0.15, 0.2) is 0 Å². The van der Waals surface area contributed by atoms with Gasteiger partial charge < -0.3 is 4.74 Å². The van der Waals surface area contributed by atoms with Gasteiger partial charge >= 0.3 is 0 Å². The Labute approximate surface area is 149 Å². The van der Waals surface area contributed by atoms with Crippen molar-refractivity contribution in [3.05, 3.63) is 59.7 Å². The van der Waals surface area contributed by atoms with E-state index in [9.17, 15) is 0 Å². The maximum atomic E-state index is 6.16. The van der Waals surface area contributed by atoms with Crippen molar-refractivity contribution in [3.63, 3.8) is 0 Å². The molecule has 0 unspecified atom stereocenters. The second-order valence-corrected chi connectivity index (χ2v) is 7.18. The molecule has 0 amide bonds. The van der Waals surface area contributed by atoms with Crippen molar-refractivity contribution in [2.75, 3.05) is 26.2 Å². The summed E-state index contributed by atoms with van der Waals surface area (Å²) in [6.45, 7) is 8.11. The maximum absolute atomic E-state index is 6.16. The van der Waals surface area contributed by atoms with Crippen molar-refractivity contribution in [3.8, 4) is 0 Å². The van der Waals surface area contributed by atoms with Gasteiger partial charge in [-0.3, -0.25) is 19.8 Å². The summed E-state index contributed by atoms with van der Waals surface area (Å²) in [5.74, 6) is 0. The zero-order valence-corrected chi connectivity index (χ0v) is 14.8.